The second kappa shape index (κ2) is 3.58. The van der Waals surface area contributed by atoms with E-state index in [-0.39, 0.29) is 0 Å². The molecule has 3 heteroatoms. The zero-order chi connectivity index (χ0) is 14.0. The van der Waals surface area contributed by atoms with Crippen LogP contribution >= 0.6 is 0 Å². The molecule has 0 unspecified atom stereocenters. The smallest absolute Gasteiger partial charge is 0.137 e. The highest BCUT2D eigenvalue weighted by atomic mass is 16.3. The zero-order valence-electron chi connectivity index (χ0n) is 11.1. The van der Waals surface area contributed by atoms with E-state index >= 15 is 0 Å². The van der Waals surface area contributed by atoms with Crippen molar-refractivity contribution in [3.63, 3.8) is 0 Å². The summed E-state index contributed by atoms with van der Waals surface area (Å²) in [5, 5.41) is 4.29. The van der Waals surface area contributed by atoms with Gasteiger partial charge in [-0.15, -0.1) is 0 Å². The van der Waals surface area contributed by atoms with Gasteiger partial charge in [-0.1, -0.05) is 18.2 Å². The lowest BCUT2D eigenvalue weighted by molar-refractivity contribution is 0.664. The number of para-hydroxylation sites is 1. The van der Waals surface area contributed by atoms with Crippen LogP contribution in [0.3, 0.4) is 0 Å². The lowest BCUT2D eigenvalue weighted by atomic mass is 10.1. The summed E-state index contributed by atoms with van der Waals surface area (Å²) in [4.78, 5) is 0. The molecule has 0 aliphatic heterocycles. The Hall–Kier alpha value is -2.94. The number of furan rings is 2. The lowest BCUT2D eigenvalue weighted by Crippen LogP contribution is -1.81. The van der Waals surface area contributed by atoms with Crippen LogP contribution in [0.4, 0.5) is 5.69 Å². The Kier molecular flexibility index (Phi) is 1.84. The maximum absolute atomic E-state index is 5.94. The molecule has 2 heterocycles. The molecule has 0 atom stereocenters. The van der Waals surface area contributed by atoms with Gasteiger partial charge in [0.05, 0.1) is 0 Å². The van der Waals surface area contributed by atoms with Gasteiger partial charge in [-0.05, 0) is 30.3 Å². The molecule has 21 heavy (non-hydrogen) atoms. The molecular weight excluding hydrogens is 262 g/mol. The maximum atomic E-state index is 5.94. The second-order valence-corrected chi connectivity index (χ2v) is 5.30. The van der Waals surface area contributed by atoms with Crippen LogP contribution in [-0.2, 0) is 0 Å². The van der Waals surface area contributed by atoms with Crippen molar-refractivity contribution in [2.45, 2.75) is 0 Å². The molecule has 0 aliphatic rings. The highest BCUT2D eigenvalue weighted by Crippen LogP contribution is 2.36. The van der Waals surface area contributed by atoms with Crippen LogP contribution < -0.4 is 5.73 Å². The van der Waals surface area contributed by atoms with Gasteiger partial charge in [0.1, 0.15) is 22.3 Å². The van der Waals surface area contributed by atoms with Crippen molar-refractivity contribution in [1.82, 2.24) is 0 Å². The van der Waals surface area contributed by atoms with Crippen molar-refractivity contribution < 1.29 is 8.83 Å². The molecular formula is C18H11NO2. The molecule has 0 saturated heterocycles. The van der Waals surface area contributed by atoms with Gasteiger partial charge in [-0.2, -0.15) is 0 Å². The quantitative estimate of drug-likeness (QED) is 0.401. The molecule has 0 aliphatic carbocycles. The first-order chi connectivity index (χ1) is 10.3. The van der Waals surface area contributed by atoms with E-state index < -0.39 is 0 Å². The molecule has 2 N–H and O–H groups in total. The van der Waals surface area contributed by atoms with Gasteiger partial charge in [0.25, 0.3) is 0 Å². The molecule has 3 nitrogen and oxygen atoms in total. The fraction of sp³-hybridized carbons (Fsp3) is 0. The predicted molar refractivity (Wildman–Crippen MR) is 85.4 cm³/mol. The van der Waals surface area contributed by atoms with Crippen molar-refractivity contribution in [1.29, 1.82) is 0 Å². The molecule has 0 saturated carbocycles. The number of nitrogen functional groups attached to an aromatic ring is 1. The minimum absolute atomic E-state index is 0.704. The van der Waals surface area contributed by atoms with E-state index in [0.717, 1.165) is 43.9 Å². The van der Waals surface area contributed by atoms with Crippen molar-refractivity contribution in [2.24, 2.45) is 0 Å². The first-order valence-electron chi connectivity index (χ1n) is 6.83. The van der Waals surface area contributed by atoms with Gasteiger partial charge in [0, 0.05) is 33.3 Å². The summed E-state index contributed by atoms with van der Waals surface area (Å²) in [6.45, 7) is 0. The van der Waals surface area contributed by atoms with Crippen LogP contribution in [0.25, 0.3) is 43.9 Å². The first-order valence-corrected chi connectivity index (χ1v) is 6.83. The molecule has 5 aromatic rings. The summed E-state index contributed by atoms with van der Waals surface area (Å²) < 4.78 is 11.9. The van der Waals surface area contributed by atoms with Gasteiger partial charge < -0.3 is 14.6 Å². The number of benzene rings is 3. The molecule has 3 aromatic carbocycles. The van der Waals surface area contributed by atoms with Crippen LogP contribution in [0.15, 0.2) is 63.4 Å². The van der Waals surface area contributed by atoms with Crippen molar-refractivity contribution in [3.8, 4) is 0 Å². The van der Waals surface area contributed by atoms with Gasteiger partial charge in [-0.25, -0.2) is 0 Å². The fourth-order valence-electron chi connectivity index (χ4n) is 3.01. The number of hydrogen-bond donors (Lipinski definition) is 1. The molecule has 0 bridgehead atoms. The maximum Gasteiger partial charge on any atom is 0.137 e. The number of rotatable bonds is 0. The van der Waals surface area contributed by atoms with Crippen LogP contribution in [0.2, 0.25) is 0 Å². The number of anilines is 1. The summed E-state index contributed by atoms with van der Waals surface area (Å²) in [7, 11) is 0. The molecule has 0 radical (unpaired) electrons. The van der Waals surface area contributed by atoms with E-state index in [9.17, 15) is 0 Å². The molecule has 2 aromatic heterocycles. The Morgan fingerprint density at radius 1 is 0.571 bits per heavy atom. The van der Waals surface area contributed by atoms with E-state index in [0.29, 0.717) is 5.69 Å². The zero-order valence-corrected chi connectivity index (χ0v) is 11.1. The summed E-state index contributed by atoms with van der Waals surface area (Å²) >= 11 is 0. The minimum Gasteiger partial charge on any atom is -0.456 e. The normalized spacial score (nSPS) is 12.0. The second-order valence-electron chi connectivity index (χ2n) is 5.30. The third-order valence-electron chi connectivity index (χ3n) is 3.99. The average Bonchev–Trinajstić information content (AvgIpc) is 3.01. The minimum atomic E-state index is 0.704. The third-order valence-corrected chi connectivity index (χ3v) is 3.99. The highest BCUT2D eigenvalue weighted by molar-refractivity contribution is 6.14. The standard InChI is InChI=1S/C18H11NO2/c19-10-5-6-12-14-9-17-13(8-18(14)21-16(12)7-10)11-3-1-2-4-15(11)20-17/h1-9H,19H2. The van der Waals surface area contributed by atoms with E-state index in [1.807, 2.05) is 48.5 Å². The van der Waals surface area contributed by atoms with Gasteiger partial charge in [0.2, 0.25) is 0 Å². The summed E-state index contributed by atoms with van der Waals surface area (Å²) in [5.41, 5.74) is 9.96. The Morgan fingerprint density at radius 3 is 2.00 bits per heavy atom. The van der Waals surface area contributed by atoms with E-state index in [4.69, 9.17) is 14.6 Å². The monoisotopic (exact) mass is 273 g/mol. The molecule has 0 spiro atoms. The number of nitrogens with two attached hydrogens (primary N) is 1. The largest absolute Gasteiger partial charge is 0.456 e. The van der Waals surface area contributed by atoms with Crippen LogP contribution in [0.5, 0.6) is 0 Å². The van der Waals surface area contributed by atoms with Crippen molar-refractivity contribution >= 4 is 49.6 Å². The van der Waals surface area contributed by atoms with Gasteiger partial charge >= 0.3 is 0 Å². The summed E-state index contributed by atoms with van der Waals surface area (Å²) in [5.74, 6) is 0. The van der Waals surface area contributed by atoms with Gasteiger partial charge in [0.15, 0.2) is 0 Å². The van der Waals surface area contributed by atoms with Crippen LogP contribution in [-0.4, -0.2) is 0 Å². The topological polar surface area (TPSA) is 52.3 Å². The van der Waals surface area contributed by atoms with Crippen LogP contribution in [0, 0.1) is 0 Å². The lowest BCUT2D eigenvalue weighted by Gasteiger charge is -1.91. The molecule has 0 amide bonds. The summed E-state index contributed by atoms with van der Waals surface area (Å²) in [6, 6.07) is 17.9. The Labute approximate surface area is 119 Å². The third kappa shape index (κ3) is 1.37. The predicted octanol–water partition coefficient (Wildman–Crippen LogP) is 5.07. The van der Waals surface area contributed by atoms with E-state index in [2.05, 4.69) is 6.07 Å². The Bertz CT molecular complexity index is 1150. The molecule has 100 valence electrons. The number of fused-ring (bicyclic) bond motifs is 6. The molecule has 0 fully saturated rings. The Balaban J connectivity index is 2.00. The Morgan fingerprint density at radius 2 is 1.19 bits per heavy atom. The first kappa shape index (κ1) is 10.8. The fourth-order valence-corrected chi connectivity index (χ4v) is 3.01. The highest BCUT2D eigenvalue weighted by Gasteiger charge is 2.12. The molecule has 5 rings (SSSR count). The van der Waals surface area contributed by atoms with Crippen LogP contribution in [0.1, 0.15) is 0 Å². The summed E-state index contributed by atoms with van der Waals surface area (Å²) in [6.07, 6.45) is 0. The van der Waals surface area contributed by atoms with Gasteiger partial charge in [-0.3, -0.25) is 0 Å². The average molecular weight is 273 g/mol. The number of hydrogen-bond acceptors (Lipinski definition) is 3. The van der Waals surface area contributed by atoms with Crippen molar-refractivity contribution in [2.75, 3.05) is 5.73 Å². The van der Waals surface area contributed by atoms with E-state index in [1.165, 1.54) is 0 Å². The van der Waals surface area contributed by atoms with E-state index in [1.54, 1.807) is 0 Å². The SMILES string of the molecule is Nc1ccc2c(c1)oc1cc3c(cc12)oc1ccccc13. The van der Waals surface area contributed by atoms with Crippen molar-refractivity contribution in [3.05, 3.63) is 54.6 Å².